The Labute approximate surface area is 107 Å². The first-order chi connectivity index (χ1) is 8.24. The minimum absolute atomic E-state index is 0.0279. The first kappa shape index (κ1) is 14.6. The van der Waals surface area contributed by atoms with E-state index in [2.05, 4.69) is 0 Å². The molecule has 3 nitrogen and oxygen atoms in total. The van der Waals surface area contributed by atoms with Gasteiger partial charge in [-0.1, -0.05) is 11.6 Å². The molecule has 0 saturated heterocycles. The van der Waals surface area contributed by atoms with Crippen molar-refractivity contribution in [1.29, 1.82) is 0 Å². The molecule has 0 heterocycles. The first-order valence-corrected chi connectivity index (χ1v) is 5.47. The fourth-order valence-corrected chi connectivity index (χ4v) is 1.70. The SMILES string of the molecule is CCN(CC(F)(F)F)c1cc(Cl)ccc1C(=O)O. The van der Waals surface area contributed by atoms with Gasteiger partial charge in [0.25, 0.3) is 0 Å². The molecule has 0 saturated carbocycles. The van der Waals surface area contributed by atoms with Gasteiger partial charge in [-0.15, -0.1) is 0 Å². The number of hydrogen-bond acceptors (Lipinski definition) is 2. The third-order valence-corrected chi connectivity index (χ3v) is 2.52. The standard InChI is InChI=1S/C11H11ClF3NO2/c1-2-16(6-11(13,14)15)9-5-7(12)3-4-8(9)10(17)18/h3-5H,2,6H2,1H3,(H,17,18). The van der Waals surface area contributed by atoms with Crippen molar-refractivity contribution in [2.24, 2.45) is 0 Å². The van der Waals surface area contributed by atoms with Gasteiger partial charge in [0, 0.05) is 11.6 Å². The lowest BCUT2D eigenvalue weighted by atomic mass is 10.1. The number of rotatable bonds is 4. The zero-order chi connectivity index (χ0) is 13.9. The summed E-state index contributed by atoms with van der Waals surface area (Å²) in [4.78, 5) is 11.9. The Balaban J connectivity index is 3.19. The summed E-state index contributed by atoms with van der Waals surface area (Å²) in [5.74, 6) is -1.29. The number of anilines is 1. The summed E-state index contributed by atoms with van der Waals surface area (Å²) in [6.45, 7) is 0.322. The molecule has 0 spiro atoms. The average molecular weight is 282 g/mol. The van der Waals surface area contributed by atoms with Crippen LogP contribution in [0.3, 0.4) is 0 Å². The van der Waals surface area contributed by atoms with Crippen LogP contribution in [-0.2, 0) is 0 Å². The molecule has 0 atom stereocenters. The van der Waals surface area contributed by atoms with Gasteiger partial charge in [0.2, 0.25) is 0 Å². The summed E-state index contributed by atoms with van der Waals surface area (Å²) >= 11 is 5.69. The van der Waals surface area contributed by atoms with Gasteiger partial charge in [0.1, 0.15) is 6.54 Å². The number of carbonyl (C=O) groups is 1. The maximum atomic E-state index is 12.4. The lowest BCUT2D eigenvalue weighted by Crippen LogP contribution is -2.35. The van der Waals surface area contributed by atoms with Crippen molar-refractivity contribution in [2.75, 3.05) is 18.0 Å². The first-order valence-electron chi connectivity index (χ1n) is 5.09. The van der Waals surface area contributed by atoms with Gasteiger partial charge in [-0.05, 0) is 25.1 Å². The lowest BCUT2D eigenvalue weighted by Gasteiger charge is -2.25. The topological polar surface area (TPSA) is 40.5 Å². The van der Waals surface area contributed by atoms with Crippen molar-refractivity contribution in [3.63, 3.8) is 0 Å². The van der Waals surface area contributed by atoms with Crippen molar-refractivity contribution in [3.05, 3.63) is 28.8 Å². The quantitative estimate of drug-likeness (QED) is 0.919. The van der Waals surface area contributed by atoms with Crippen LogP contribution in [0.1, 0.15) is 17.3 Å². The van der Waals surface area contributed by atoms with Crippen LogP contribution in [0.5, 0.6) is 0 Å². The molecule has 0 bridgehead atoms. The number of benzene rings is 1. The second-order valence-corrected chi connectivity index (χ2v) is 4.03. The maximum Gasteiger partial charge on any atom is 0.405 e. The van der Waals surface area contributed by atoms with E-state index in [1.54, 1.807) is 0 Å². The van der Waals surface area contributed by atoms with Crippen LogP contribution in [0.4, 0.5) is 18.9 Å². The highest BCUT2D eigenvalue weighted by Gasteiger charge is 2.31. The second-order valence-electron chi connectivity index (χ2n) is 3.60. The number of halogens is 4. The van der Waals surface area contributed by atoms with Crippen LogP contribution in [0, 0.1) is 0 Å². The molecular weight excluding hydrogens is 271 g/mol. The molecule has 1 rings (SSSR count). The second kappa shape index (κ2) is 5.48. The van der Waals surface area contributed by atoms with Gasteiger partial charge >= 0.3 is 12.1 Å². The zero-order valence-electron chi connectivity index (χ0n) is 9.46. The van der Waals surface area contributed by atoms with Gasteiger partial charge in [-0.3, -0.25) is 0 Å². The van der Waals surface area contributed by atoms with Crippen molar-refractivity contribution in [2.45, 2.75) is 13.1 Å². The van der Waals surface area contributed by atoms with Gasteiger partial charge in [0.05, 0.1) is 11.3 Å². The van der Waals surface area contributed by atoms with E-state index in [-0.39, 0.29) is 22.8 Å². The highest BCUT2D eigenvalue weighted by Crippen LogP contribution is 2.28. The van der Waals surface area contributed by atoms with E-state index in [4.69, 9.17) is 16.7 Å². The van der Waals surface area contributed by atoms with E-state index in [1.165, 1.54) is 25.1 Å². The van der Waals surface area contributed by atoms with Crippen molar-refractivity contribution >= 4 is 23.3 Å². The van der Waals surface area contributed by atoms with Gasteiger partial charge in [-0.2, -0.15) is 13.2 Å². The third-order valence-electron chi connectivity index (χ3n) is 2.28. The molecule has 1 aromatic carbocycles. The number of carboxylic acid groups (broad SMARTS) is 1. The van der Waals surface area contributed by atoms with E-state index in [1.807, 2.05) is 0 Å². The van der Waals surface area contributed by atoms with Crippen LogP contribution in [0.15, 0.2) is 18.2 Å². The van der Waals surface area contributed by atoms with Crippen LogP contribution >= 0.6 is 11.6 Å². The number of hydrogen-bond donors (Lipinski definition) is 1. The Morgan fingerprint density at radius 1 is 1.44 bits per heavy atom. The number of carboxylic acids is 1. The van der Waals surface area contributed by atoms with E-state index in [9.17, 15) is 18.0 Å². The Kier molecular flexibility index (Phi) is 4.45. The molecule has 0 aromatic heterocycles. The summed E-state index contributed by atoms with van der Waals surface area (Å²) in [5, 5.41) is 9.14. The highest BCUT2D eigenvalue weighted by molar-refractivity contribution is 6.31. The number of nitrogens with zero attached hydrogens (tertiary/aromatic N) is 1. The minimum atomic E-state index is -4.41. The Morgan fingerprint density at radius 2 is 2.06 bits per heavy atom. The fraction of sp³-hybridized carbons (Fsp3) is 0.364. The van der Waals surface area contributed by atoms with Crippen molar-refractivity contribution in [1.82, 2.24) is 0 Å². The summed E-state index contributed by atoms with van der Waals surface area (Å²) in [6.07, 6.45) is -4.41. The molecule has 100 valence electrons. The minimum Gasteiger partial charge on any atom is -0.478 e. The molecule has 0 unspecified atom stereocenters. The summed E-state index contributed by atoms with van der Waals surface area (Å²) < 4.78 is 37.2. The third kappa shape index (κ3) is 3.80. The molecule has 0 aliphatic carbocycles. The molecule has 0 radical (unpaired) electrons. The molecule has 0 fully saturated rings. The predicted molar refractivity (Wildman–Crippen MR) is 62.4 cm³/mol. The van der Waals surface area contributed by atoms with E-state index in [0.717, 1.165) is 4.90 Å². The van der Waals surface area contributed by atoms with E-state index >= 15 is 0 Å². The van der Waals surface area contributed by atoms with Crippen LogP contribution in [-0.4, -0.2) is 30.3 Å². The van der Waals surface area contributed by atoms with Crippen LogP contribution < -0.4 is 4.90 Å². The number of alkyl halides is 3. The summed E-state index contributed by atoms with van der Waals surface area (Å²) in [7, 11) is 0. The molecule has 0 aliphatic rings. The molecular formula is C11H11ClF3NO2. The lowest BCUT2D eigenvalue weighted by molar-refractivity contribution is -0.119. The van der Waals surface area contributed by atoms with E-state index in [0.29, 0.717) is 0 Å². The average Bonchev–Trinajstić information content (AvgIpc) is 2.24. The zero-order valence-corrected chi connectivity index (χ0v) is 10.2. The summed E-state index contributed by atoms with van der Waals surface area (Å²) in [5.41, 5.74) is -0.236. The molecule has 7 heteroatoms. The van der Waals surface area contributed by atoms with Crippen molar-refractivity contribution in [3.8, 4) is 0 Å². The van der Waals surface area contributed by atoms with E-state index < -0.39 is 18.7 Å². The monoisotopic (exact) mass is 281 g/mol. The van der Waals surface area contributed by atoms with Crippen LogP contribution in [0.25, 0.3) is 0 Å². The molecule has 1 aromatic rings. The Hall–Kier alpha value is -1.43. The Bertz CT molecular complexity index is 448. The van der Waals surface area contributed by atoms with Gasteiger partial charge < -0.3 is 10.0 Å². The fourth-order valence-electron chi connectivity index (χ4n) is 1.53. The number of aromatic carboxylic acids is 1. The maximum absolute atomic E-state index is 12.4. The van der Waals surface area contributed by atoms with Crippen LogP contribution in [0.2, 0.25) is 5.02 Å². The largest absolute Gasteiger partial charge is 0.478 e. The highest BCUT2D eigenvalue weighted by atomic mass is 35.5. The normalized spacial score (nSPS) is 11.4. The molecule has 0 aliphatic heterocycles. The van der Waals surface area contributed by atoms with Gasteiger partial charge in [0.15, 0.2) is 0 Å². The Morgan fingerprint density at radius 3 is 2.50 bits per heavy atom. The molecule has 0 amide bonds. The molecule has 1 N–H and O–H groups in total. The van der Waals surface area contributed by atoms with Crippen molar-refractivity contribution < 1.29 is 23.1 Å². The van der Waals surface area contributed by atoms with Gasteiger partial charge in [-0.25, -0.2) is 4.79 Å². The summed E-state index contributed by atoms with van der Waals surface area (Å²) in [6, 6.07) is 3.75. The smallest absolute Gasteiger partial charge is 0.405 e. The molecule has 18 heavy (non-hydrogen) atoms. The predicted octanol–water partition coefficient (Wildman–Crippen LogP) is 3.43.